The first-order valence-corrected chi connectivity index (χ1v) is 7.64. The predicted molar refractivity (Wildman–Crippen MR) is 80.1 cm³/mol. The second-order valence-corrected chi connectivity index (χ2v) is 5.75. The summed E-state index contributed by atoms with van der Waals surface area (Å²) in [7, 11) is 0. The lowest BCUT2D eigenvalue weighted by atomic mass is 10.2. The van der Waals surface area contributed by atoms with Crippen LogP contribution in [0.25, 0.3) is 0 Å². The maximum atomic E-state index is 12.0. The summed E-state index contributed by atoms with van der Waals surface area (Å²) in [5, 5.41) is 12.4. The molecular formula is C14H16N4O2S. The smallest absolute Gasteiger partial charge is 0.239 e. The van der Waals surface area contributed by atoms with Crippen molar-refractivity contribution in [1.82, 2.24) is 15.1 Å². The zero-order valence-corrected chi connectivity index (χ0v) is 12.3. The Kier molecular flexibility index (Phi) is 4.54. The number of nitrogens with one attached hydrogen (secondary N) is 1. The Morgan fingerprint density at radius 2 is 2.43 bits per heavy atom. The topological polar surface area (TPSA) is 67.3 Å². The molecule has 0 spiro atoms. The van der Waals surface area contributed by atoms with E-state index in [1.807, 2.05) is 11.4 Å². The van der Waals surface area contributed by atoms with Crippen LogP contribution in [0, 0.1) is 0 Å². The number of anilines is 1. The lowest BCUT2D eigenvalue weighted by Gasteiger charge is -2.31. The average molecular weight is 304 g/mol. The number of thiophene rings is 1. The zero-order valence-electron chi connectivity index (χ0n) is 11.4. The van der Waals surface area contributed by atoms with E-state index in [4.69, 9.17) is 4.74 Å². The molecule has 1 atom stereocenters. The number of rotatable bonds is 4. The number of aromatic nitrogens is 2. The summed E-state index contributed by atoms with van der Waals surface area (Å²) in [6, 6.07) is 7.55. The first-order valence-electron chi connectivity index (χ1n) is 6.76. The summed E-state index contributed by atoms with van der Waals surface area (Å²) in [6.07, 6.45) is 1.63. The molecule has 0 saturated carbocycles. The second kappa shape index (κ2) is 6.75. The van der Waals surface area contributed by atoms with Crippen LogP contribution < -0.4 is 5.32 Å². The van der Waals surface area contributed by atoms with Crippen LogP contribution in [0.5, 0.6) is 0 Å². The number of carbonyl (C=O) groups is 1. The standard InChI is InChI=1S/C14H16N4O2S/c19-14(16-13-4-1-5-15-17-13)10-18-6-7-20-11(9-18)12-3-2-8-21-12/h1-5,8,11H,6-7,9-10H2,(H,16,17,19)/t11-/m0/s1. The number of hydrogen-bond donors (Lipinski definition) is 1. The Hall–Kier alpha value is -1.83. The molecule has 1 saturated heterocycles. The maximum Gasteiger partial charge on any atom is 0.239 e. The highest BCUT2D eigenvalue weighted by atomic mass is 32.1. The van der Waals surface area contributed by atoms with Gasteiger partial charge in [-0.2, -0.15) is 5.10 Å². The van der Waals surface area contributed by atoms with E-state index in [0.29, 0.717) is 19.0 Å². The first kappa shape index (κ1) is 14.1. The van der Waals surface area contributed by atoms with Crippen molar-refractivity contribution < 1.29 is 9.53 Å². The highest BCUT2D eigenvalue weighted by molar-refractivity contribution is 7.10. The van der Waals surface area contributed by atoms with Crippen LogP contribution in [-0.4, -0.2) is 47.2 Å². The fourth-order valence-electron chi connectivity index (χ4n) is 2.25. The van der Waals surface area contributed by atoms with Crippen LogP contribution >= 0.6 is 11.3 Å². The summed E-state index contributed by atoms with van der Waals surface area (Å²) < 4.78 is 5.77. The lowest BCUT2D eigenvalue weighted by Crippen LogP contribution is -2.42. The van der Waals surface area contributed by atoms with Crippen molar-refractivity contribution in [2.45, 2.75) is 6.10 Å². The lowest BCUT2D eigenvalue weighted by molar-refractivity contribution is -0.119. The molecule has 7 heteroatoms. The van der Waals surface area contributed by atoms with Crippen LogP contribution in [0.1, 0.15) is 11.0 Å². The molecule has 0 aliphatic carbocycles. The fourth-order valence-corrected chi connectivity index (χ4v) is 3.01. The predicted octanol–water partition coefficient (Wildman–Crippen LogP) is 1.55. The molecule has 3 rings (SSSR count). The van der Waals surface area contributed by atoms with Gasteiger partial charge in [0, 0.05) is 24.2 Å². The molecule has 2 aromatic rings. The molecular weight excluding hydrogens is 288 g/mol. The molecule has 1 amide bonds. The molecule has 1 aliphatic rings. The third kappa shape index (κ3) is 3.84. The quantitative estimate of drug-likeness (QED) is 0.928. The third-order valence-corrected chi connectivity index (χ3v) is 4.18. The van der Waals surface area contributed by atoms with Gasteiger partial charge in [-0.3, -0.25) is 9.69 Å². The number of hydrogen-bond acceptors (Lipinski definition) is 6. The van der Waals surface area contributed by atoms with E-state index in [0.717, 1.165) is 13.1 Å². The molecule has 0 bridgehead atoms. The molecule has 110 valence electrons. The number of morpholine rings is 1. The van der Waals surface area contributed by atoms with Gasteiger partial charge in [0.2, 0.25) is 5.91 Å². The van der Waals surface area contributed by atoms with E-state index < -0.39 is 0 Å². The minimum absolute atomic E-state index is 0.0584. The molecule has 3 heterocycles. The van der Waals surface area contributed by atoms with Crippen LogP contribution in [0.2, 0.25) is 0 Å². The fraction of sp³-hybridized carbons (Fsp3) is 0.357. The molecule has 2 aromatic heterocycles. The van der Waals surface area contributed by atoms with Gasteiger partial charge < -0.3 is 10.1 Å². The number of nitrogens with zero attached hydrogens (tertiary/aromatic N) is 3. The Bertz CT molecular complexity index is 576. The molecule has 1 fully saturated rings. The minimum Gasteiger partial charge on any atom is -0.370 e. The van der Waals surface area contributed by atoms with Gasteiger partial charge in [0.1, 0.15) is 6.10 Å². The Balaban J connectivity index is 1.54. The number of amides is 1. The second-order valence-electron chi connectivity index (χ2n) is 4.77. The molecule has 0 radical (unpaired) electrons. The Labute approximate surface area is 126 Å². The van der Waals surface area contributed by atoms with Gasteiger partial charge in [-0.15, -0.1) is 16.4 Å². The molecule has 6 nitrogen and oxygen atoms in total. The SMILES string of the molecule is O=C(CN1CCO[C@H](c2cccs2)C1)Nc1cccnn1. The normalized spacial score (nSPS) is 19.3. The summed E-state index contributed by atoms with van der Waals surface area (Å²) >= 11 is 1.68. The van der Waals surface area contributed by atoms with Gasteiger partial charge in [-0.25, -0.2) is 0 Å². The van der Waals surface area contributed by atoms with E-state index in [9.17, 15) is 4.79 Å². The van der Waals surface area contributed by atoms with Crippen molar-refractivity contribution in [3.8, 4) is 0 Å². The van der Waals surface area contributed by atoms with Crippen LogP contribution in [0.4, 0.5) is 5.82 Å². The highest BCUT2D eigenvalue weighted by Crippen LogP contribution is 2.25. The van der Waals surface area contributed by atoms with E-state index in [1.165, 1.54) is 4.88 Å². The van der Waals surface area contributed by atoms with Crippen molar-refractivity contribution in [3.05, 3.63) is 40.7 Å². The van der Waals surface area contributed by atoms with Crippen molar-refractivity contribution in [1.29, 1.82) is 0 Å². The van der Waals surface area contributed by atoms with Gasteiger partial charge in [0.25, 0.3) is 0 Å². The largest absolute Gasteiger partial charge is 0.370 e. The Morgan fingerprint density at radius 1 is 1.48 bits per heavy atom. The monoisotopic (exact) mass is 304 g/mol. The van der Waals surface area contributed by atoms with E-state index in [1.54, 1.807) is 29.7 Å². The van der Waals surface area contributed by atoms with Gasteiger partial charge in [0.05, 0.1) is 13.2 Å². The van der Waals surface area contributed by atoms with Gasteiger partial charge in [0.15, 0.2) is 5.82 Å². The van der Waals surface area contributed by atoms with Crippen molar-refractivity contribution in [2.75, 3.05) is 31.6 Å². The van der Waals surface area contributed by atoms with E-state index in [-0.39, 0.29) is 12.0 Å². The zero-order chi connectivity index (χ0) is 14.5. The van der Waals surface area contributed by atoms with Crippen molar-refractivity contribution >= 4 is 23.1 Å². The van der Waals surface area contributed by atoms with Crippen LogP contribution in [0.15, 0.2) is 35.8 Å². The highest BCUT2D eigenvalue weighted by Gasteiger charge is 2.24. The summed E-state index contributed by atoms with van der Waals surface area (Å²) in [5.74, 6) is 0.396. The molecule has 0 unspecified atom stereocenters. The van der Waals surface area contributed by atoms with E-state index in [2.05, 4.69) is 26.5 Å². The summed E-state index contributed by atoms with van der Waals surface area (Å²) in [5.41, 5.74) is 0. The molecule has 21 heavy (non-hydrogen) atoms. The van der Waals surface area contributed by atoms with Gasteiger partial charge in [-0.05, 0) is 23.6 Å². The minimum atomic E-state index is -0.0812. The third-order valence-electron chi connectivity index (χ3n) is 3.22. The molecule has 1 aliphatic heterocycles. The first-order chi connectivity index (χ1) is 10.3. The van der Waals surface area contributed by atoms with Crippen molar-refractivity contribution in [2.24, 2.45) is 0 Å². The van der Waals surface area contributed by atoms with Crippen LogP contribution in [-0.2, 0) is 9.53 Å². The molecule has 0 aromatic carbocycles. The maximum absolute atomic E-state index is 12.0. The van der Waals surface area contributed by atoms with Crippen molar-refractivity contribution in [3.63, 3.8) is 0 Å². The number of carbonyl (C=O) groups excluding carboxylic acids is 1. The number of ether oxygens (including phenoxy) is 1. The average Bonchev–Trinajstić information content (AvgIpc) is 3.02. The molecule has 1 N–H and O–H groups in total. The summed E-state index contributed by atoms with van der Waals surface area (Å²) in [4.78, 5) is 15.3. The van der Waals surface area contributed by atoms with Gasteiger partial charge >= 0.3 is 0 Å². The van der Waals surface area contributed by atoms with Crippen LogP contribution in [0.3, 0.4) is 0 Å². The summed E-state index contributed by atoms with van der Waals surface area (Å²) in [6.45, 7) is 2.47. The van der Waals surface area contributed by atoms with Gasteiger partial charge in [-0.1, -0.05) is 6.07 Å². The Morgan fingerprint density at radius 3 is 3.19 bits per heavy atom. The van der Waals surface area contributed by atoms with E-state index >= 15 is 0 Å².